The maximum absolute atomic E-state index is 11.4. The van der Waals surface area contributed by atoms with Gasteiger partial charge in [0.25, 0.3) is 0 Å². The molecule has 2 aromatic rings. The lowest BCUT2D eigenvalue weighted by atomic mass is 10.3. The number of rotatable bonds is 4. The van der Waals surface area contributed by atoms with Crippen molar-refractivity contribution in [1.82, 2.24) is 14.9 Å². The number of aryl methyl sites for hydroxylation is 1. The first-order valence-corrected chi connectivity index (χ1v) is 8.39. The summed E-state index contributed by atoms with van der Waals surface area (Å²) in [5, 5.41) is 4.53. The first kappa shape index (κ1) is 13.3. The van der Waals surface area contributed by atoms with Crippen molar-refractivity contribution in [2.45, 2.75) is 26.1 Å². The first-order chi connectivity index (χ1) is 9.59. The monoisotopic (exact) mass is 291 g/mol. The van der Waals surface area contributed by atoms with E-state index < -0.39 is 9.84 Å². The number of nitrogens with zero attached hydrogens (tertiary/aromatic N) is 2. The largest absolute Gasteiger partial charge is 0.327 e. The Morgan fingerprint density at radius 2 is 2.20 bits per heavy atom. The van der Waals surface area contributed by atoms with Gasteiger partial charge in [0.15, 0.2) is 9.84 Å². The van der Waals surface area contributed by atoms with E-state index in [0.717, 1.165) is 23.4 Å². The van der Waals surface area contributed by atoms with Gasteiger partial charge in [0, 0.05) is 18.0 Å². The van der Waals surface area contributed by atoms with E-state index in [1.54, 1.807) is 6.08 Å². The van der Waals surface area contributed by atoms with Crippen molar-refractivity contribution in [1.29, 1.82) is 0 Å². The van der Waals surface area contributed by atoms with Crippen LogP contribution in [-0.4, -0.2) is 29.8 Å². The number of fused-ring (bicyclic) bond motifs is 1. The van der Waals surface area contributed by atoms with Crippen LogP contribution >= 0.6 is 0 Å². The second-order valence-electron chi connectivity index (χ2n) is 4.91. The highest BCUT2D eigenvalue weighted by atomic mass is 32.2. The number of hydrogen-bond acceptors (Lipinski definition) is 4. The molecule has 1 aliphatic rings. The molecule has 1 N–H and O–H groups in total. The van der Waals surface area contributed by atoms with Crippen molar-refractivity contribution < 1.29 is 8.42 Å². The van der Waals surface area contributed by atoms with E-state index in [1.807, 2.05) is 18.2 Å². The zero-order chi connectivity index (χ0) is 14.2. The third-order valence-corrected chi connectivity index (χ3v) is 4.90. The number of aromatic nitrogens is 2. The van der Waals surface area contributed by atoms with Gasteiger partial charge in [-0.25, -0.2) is 13.4 Å². The second-order valence-corrected chi connectivity index (χ2v) is 6.84. The molecule has 3 rings (SSSR count). The molecule has 6 heteroatoms. The van der Waals surface area contributed by atoms with Crippen LogP contribution in [0.15, 0.2) is 35.7 Å². The molecule has 2 heterocycles. The fraction of sp³-hybridized carbons (Fsp3) is 0.357. The Labute approximate surface area is 118 Å². The normalized spacial score (nSPS) is 20.8. The Hall–Kier alpha value is -1.66. The lowest BCUT2D eigenvalue weighted by Crippen LogP contribution is -2.30. The predicted octanol–water partition coefficient (Wildman–Crippen LogP) is 1.46. The number of imidazole rings is 1. The summed E-state index contributed by atoms with van der Waals surface area (Å²) in [6, 6.07) is 7.89. The molecule has 0 amide bonds. The van der Waals surface area contributed by atoms with Crippen molar-refractivity contribution >= 4 is 20.9 Å². The standard InChI is InChI=1S/C14H17N3O2S/c1-2-17-13-6-4-3-5-12(13)16-14(17)9-15-11-7-8-20(18,19)10-11/h3-8,11,15H,2,9-10H2,1H3. The van der Waals surface area contributed by atoms with Gasteiger partial charge in [-0.3, -0.25) is 0 Å². The maximum atomic E-state index is 11.4. The average molecular weight is 291 g/mol. The number of nitrogens with one attached hydrogen (secondary N) is 1. The molecule has 1 aliphatic heterocycles. The van der Waals surface area contributed by atoms with Gasteiger partial charge in [-0.05, 0) is 19.1 Å². The highest BCUT2D eigenvalue weighted by Gasteiger charge is 2.21. The van der Waals surface area contributed by atoms with Gasteiger partial charge in [-0.2, -0.15) is 0 Å². The highest BCUT2D eigenvalue weighted by molar-refractivity contribution is 7.94. The molecule has 0 spiro atoms. The fourth-order valence-corrected chi connectivity index (χ4v) is 3.81. The fourth-order valence-electron chi connectivity index (χ4n) is 2.54. The van der Waals surface area contributed by atoms with Crippen LogP contribution in [0.2, 0.25) is 0 Å². The minimum absolute atomic E-state index is 0.120. The Kier molecular flexibility index (Phi) is 3.35. The summed E-state index contributed by atoms with van der Waals surface area (Å²) >= 11 is 0. The van der Waals surface area contributed by atoms with Crippen LogP contribution in [-0.2, 0) is 22.9 Å². The van der Waals surface area contributed by atoms with Crippen molar-refractivity contribution in [2.24, 2.45) is 0 Å². The van der Waals surface area contributed by atoms with E-state index in [-0.39, 0.29) is 11.8 Å². The lowest BCUT2D eigenvalue weighted by Gasteiger charge is -2.10. The highest BCUT2D eigenvalue weighted by Crippen LogP contribution is 2.16. The molecule has 0 saturated carbocycles. The van der Waals surface area contributed by atoms with Gasteiger partial charge in [-0.15, -0.1) is 0 Å². The quantitative estimate of drug-likeness (QED) is 0.926. The summed E-state index contributed by atoms with van der Waals surface area (Å²) in [6.45, 7) is 3.49. The van der Waals surface area contributed by atoms with Gasteiger partial charge >= 0.3 is 0 Å². The molecule has 106 valence electrons. The lowest BCUT2D eigenvalue weighted by molar-refractivity contribution is 0.574. The van der Waals surface area contributed by atoms with Crippen LogP contribution in [0.3, 0.4) is 0 Å². The van der Waals surface area contributed by atoms with Crippen molar-refractivity contribution in [3.63, 3.8) is 0 Å². The number of sulfone groups is 1. The molecule has 20 heavy (non-hydrogen) atoms. The van der Waals surface area contributed by atoms with Crippen LogP contribution in [0.25, 0.3) is 11.0 Å². The first-order valence-electron chi connectivity index (χ1n) is 6.67. The summed E-state index contributed by atoms with van der Waals surface area (Å²) < 4.78 is 24.9. The summed E-state index contributed by atoms with van der Waals surface area (Å²) in [5.74, 6) is 1.07. The van der Waals surface area contributed by atoms with E-state index in [9.17, 15) is 8.42 Å². The summed E-state index contributed by atoms with van der Waals surface area (Å²) in [5.41, 5.74) is 2.09. The second kappa shape index (κ2) is 5.03. The zero-order valence-electron chi connectivity index (χ0n) is 11.3. The summed E-state index contributed by atoms with van der Waals surface area (Å²) in [6.07, 6.45) is 1.70. The molecule has 1 unspecified atom stereocenters. The Morgan fingerprint density at radius 1 is 1.40 bits per heavy atom. The van der Waals surface area contributed by atoms with Crippen molar-refractivity contribution in [2.75, 3.05) is 5.75 Å². The molecule has 0 saturated heterocycles. The molecule has 0 fully saturated rings. The van der Waals surface area contributed by atoms with Gasteiger partial charge in [0.1, 0.15) is 5.82 Å². The predicted molar refractivity (Wildman–Crippen MR) is 79.0 cm³/mol. The summed E-state index contributed by atoms with van der Waals surface area (Å²) in [4.78, 5) is 4.61. The number of para-hydroxylation sites is 2. The average Bonchev–Trinajstić information content (AvgIpc) is 2.95. The molecule has 0 aliphatic carbocycles. The van der Waals surface area contributed by atoms with Gasteiger partial charge in [0.05, 0.1) is 23.3 Å². The van der Waals surface area contributed by atoms with Crippen LogP contribution in [0.4, 0.5) is 0 Å². The van der Waals surface area contributed by atoms with Crippen LogP contribution in [0.5, 0.6) is 0 Å². The smallest absolute Gasteiger partial charge is 0.173 e. The minimum Gasteiger partial charge on any atom is -0.327 e. The molecule has 0 bridgehead atoms. The van der Waals surface area contributed by atoms with Gasteiger partial charge < -0.3 is 9.88 Å². The Balaban J connectivity index is 1.80. The Bertz CT molecular complexity index is 762. The van der Waals surface area contributed by atoms with Gasteiger partial charge in [0.2, 0.25) is 0 Å². The van der Waals surface area contributed by atoms with E-state index in [2.05, 4.69) is 27.9 Å². The molecular weight excluding hydrogens is 274 g/mol. The SMILES string of the molecule is CCn1c(CNC2C=CS(=O)(=O)C2)nc2ccccc21. The molecular formula is C14H17N3O2S. The topological polar surface area (TPSA) is 64.0 Å². The van der Waals surface area contributed by atoms with Crippen molar-refractivity contribution in [3.8, 4) is 0 Å². The van der Waals surface area contributed by atoms with E-state index in [4.69, 9.17) is 0 Å². The zero-order valence-corrected chi connectivity index (χ0v) is 12.1. The number of benzene rings is 1. The molecule has 5 nitrogen and oxygen atoms in total. The molecule has 1 aromatic heterocycles. The van der Waals surface area contributed by atoms with Crippen LogP contribution in [0, 0.1) is 0 Å². The van der Waals surface area contributed by atoms with Crippen LogP contribution < -0.4 is 5.32 Å². The molecule has 1 aromatic carbocycles. The molecule has 0 radical (unpaired) electrons. The maximum Gasteiger partial charge on any atom is 0.173 e. The Morgan fingerprint density at radius 3 is 2.90 bits per heavy atom. The number of hydrogen-bond donors (Lipinski definition) is 1. The third-order valence-electron chi connectivity index (χ3n) is 3.50. The van der Waals surface area contributed by atoms with Gasteiger partial charge in [-0.1, -0.05) is 18.2 Å². The summed E-state index contributed by atoms with van der Waals surface area (Å²) in [7, 11) is -3.01. The molecule has 1 atom stereocenters. The van der Waals surface area contributed by atoms with Crippen LogP contribution in [0.1, 0.15) is 12.7 Å². The van der Waals surface area contributed by atoms with E-state index in [0.29, 0.717) is 6.54 Å². The van der Waals surface area contributed by atoms with Crippen molar-refractivity contribution in [3.05, 3.63) is 41.6 Å². The minimum atomic E-state index is -3.01. The third kappa shape index (κ3) is 2.48. The van der Waals surface area contributed by atoms with E-state index in [1.165, 1.54) is 5.41 Å². The van der Waals surface area contributed by atoms with E-state index >= 15 is 0 Å².